The molecule has 0 atom stereocenters. The minimum absolute atomic E-state index is 0.0674. The molecular weight excluding hydrogens is 204 g/mol. The van der Waals surface area contributed by atoms with E-state index in [0.29, 0.717) is 18.8 Å². The van der Waals surface area contributed by atoms with Crippen molar-refractivity contribution in [3.63, 3.8) is 0 Å². The van der Waals surface area contributed by atoms with Crippen LogP contribution in [-0.4, -0.2) is 25.6 Å². The molecule has 0 spiro atoms. The van der Waals surface area contributed by atoms with E-state index in [0.717, 1.165) is 18.8 Å². The van der Waals surface area contributed by atoms with Crippen LogP contribution in [-0.2, 0) is 4.74 Å². The fraction of sp³-hybridized carbons (Fsp3) is 0.462. The van der Waals surface area contributed by atoms with Gasteiger partial charge in [0.05, 0.1) is 6.61 Å². The van der Waals surface area contributed by atoms with Crippen LogP contribution in [0.3, 0.4) is 0 Å². The van der Waals surface area contributed by atoms with E-state index < -0.39 is 0 Å². The van der Waals surface area contributed by atoms with Gasteiger partial charge in [0.25, 0.3) is 0 Å². The third-order valence-electron chi connectivity index (χ3n) is 2.11. The highest BCUT2D eigenvalue weighted by molar-refractivity contribution is 5.94. The van der Waals surface area contributed by atoms with Crippen LogP contribution in [0.25, 0.3) is 0 Å². The lowest BCUT2D eigenvalue weighted by molar-refractivity contribution is 0.100. The van der Waals surface area contributed by atoms with E-state index in [1.165, 1.54) is 0 Å². The summed E-state index contributed by atoms with van der Waals surface area (Å²) in [6, 6.07) is 7.14. The summed E-state index contributed by atoms with van der Waals surface area (Å²) in [5.74, 6) is 0.836. The molecule has 0 heterocycles. The van der Waals surface area contributed by atoms with Crippen molar-refractivity contribution in [3.05, 3.63) is 29.8 Å². The average Bonchev–Trinajstić information content (AvgIpc) is 2.29. The van der Waals surface area contributed by atoms with E-state index in [-0.39, 0.29) is 5.78 Å². The second kappa shape index (κ2) is 7.01. The van der Waals surface area contributed by atoms with Gasteiger partial charge >= 0.3 is 0 Å². The Labute approximate surface area is 96.4 Å². The van der Waals surface area contributed by atoms with Crippen molar-refractivity contribution < 1.29 is 14.3 Å². The van der Waals surface area contributed by atoms with E-state index in [9.17, 15) is 4.79 Å². The van der Waals surface area contributed by atoms with Gasteiger partial charge < -0.3 is 9.47 Å². The Morgan fingerprint density at radius 3 is 2.38 bits per heavy atom. The summed E-state index contributed by atoms with van der Waals surface area (Å²) in [4.78, 5) is 11.0. The van der Waals surface area contributed by atoms with Crippen LogP contribution in [0.15, 0.2) is 24.3 Å². The molecule has 0 N–H and O–H groups in total. The van der Waals surface area contributed by atoms with Crippen molar-refractivity contribution in [1.29, 1.82) is 0 Å². The number of benzene rings is 1. The highest BCUT2D eigenvalue weighted by Gasteiger charge is 1.99. The highest BCUT2D eigenvalue weighted by atomic mass is 16.5. The molecule has 3 heteroatoms. The van der Waals surface area contributed by atoms with E-state index in [1.807, 2.05) is 0 Å². The number of ether oxygens (including phenoxy) is 2. The first-order valence-corrected chi connectivity index (χ1v) is 5.55. The molecule has 3 nitrogen and oxygen atoms in total. The van der Waals surface area contributed by atoms with Crippen molar-refractivity contribution in [2.24, 2.45) is 0 Å². The van der Waals surface area contributed by atoms with Crippen LogP contribution in [0.4, 0.5) is 0 Å². The molecule has 0 unspecified atom stereocenters. The zero-order valence-electron chi connectivity index (χ0n) is 9.86. The van der Waals surface area contributed by atoms with Gasteiger partial charge in [-0.25, -0.2) is 0 Å². The van der Waals surface area contributed by atoms with Crippen molar-refractivity contribution in [2.45, 2.75) is 20.3 Å². The largest absolute Gasteiger partial charge is 0.491 e. The molecule has 0 aliphatic heterocycles. The number of Topliss-reactive ketones (excluding diaryl/α,β-unsaturated/α-hetero) is 1. The number of hydrogen-bond acceptors (Lipinski definition) is 3. The standard InChI is InChI=1S/C13H18O3/c1-3-8-15-9-10-16-13-6-4-12(5-7-13)11(2)14/h4-7H,3,8-10H2,1-2H3. The molecule has 0 fully saturated rings. The van der Waals surface area contributed by atoms with E-state index in [4.69, 9.17) is 9.47 Å². The molecule has 1 rings (SSSR count). The maximum absolute atomic E-state index is 11.0. The van der Waals surface area contributed by atoms with Crippen molar-refractivity contribution in [2.75, 3.05) is 19.8 Å². The quantitative estimate of drug-likeness (QED) is 0.525. The monoisotopic (exact) mass is 222 g/mol. The van der Waals surface area contributed by atoms with Gasteiger partial charge in [0, 0.05) is 12.2 Å². The zero-order chi connectivity index (χ0) is 11.8. The third-order valence-corrected chi connectivity index (χ3v) is 2.11. The SMILES string of the molecule is CCCOCCOc1ccc(C(C)=O)cc1. The molecule has 0 radical (unpaired) electrons. The summed E-state index contributed by atoms with van der Waals surface area (Å²) in [5.41, 5.74) is 0.703. The van der Waals surface area contributed by atoms with Crippen LogP contribution >= 0.6 is 0 Å². The lowest BCUT2D eigenvalue weighted by Gasteiger charge is -2.06. The van der Waals surface area contributed by atoms with Crippen molar-refractivity contribution >= 4 is 5.78 Å². The van der Waals surface area contributed by atoms with E-state index in [1.54, 1.807) is 31.2 Å². The average molecular weight is 222 g/mol. The molecule has 0 saturated carbocycles. The van der Waals surface area contributed by atoms with Crippen LogP contribution in [0.5, 0.6) is 5.75 Å². The van der Waals surface area contributed by atoms with Gasteiger partial charge in [-0.15, -0.1) is 0 Å². The molecule has 0 aromatic heterocycles. The van der Waals surface area contributed by atoms with Gasteiger partial charge in [0.1, 0.15) is 12.4 Å². The minimum atomic E-state index is 0.0674. The normalized spacial score (nSPS) is 10.1. The molecule has 1 aromatic rings. The molecule has 1 aromatic carbocycles. The summed E-state index contributed by atoms with van der Waals surface area (Å²) in [6.07, 6.45) is 1.02. The van der Waals surface area contributed by atoms with Gasteiger partial charge in [-0.05, 0) is 37.6 Å². The number of hydrogen-bond donors (Lipinski definition) is 0. The number of rotatable bonds is 7. The Morgan fingerprint density at radius 2 is 1.81 bits per heavy atom. The Kier molecular flexibility index (Phi) is 5.57. The van der Waals surface area contributed by atoms with Crippen LogP contribution in [0.1, 0.15) is 30.6 Å². The Morgan fingerprint density at radius 1 is 1.12 bits per heavy atom. The predicted molar refractivity (Wildman–Crippen MR) is 63.1 cm³/mol. The lowest BCUT2D eigenvalue weighted by atomic mass is 10.1. The van der Waals surface area contributed by atoms with Gasteiger partial charge in [-0.2, -0.15) is 0 Å². The van der Waals surface area contributed by atoms with Crippen LogP contribution in [0, 0.1) is 0 Å². The first-order valence-electron chi connectivity index (χ1n) is 5.55. The van der Waals surface area contributed by atoms with E-state index in [2.05, 4.69) is 6.92 Å². The van der Waals surface area contributed by atoms with Gasteiger partial charge in [-0.1, -0.05) is 6.92 Å². The second-order valence-corrected chi connectivity index (χ2v) is 3.54. The topological polar surface area (TPSA) is 35.5 Å². The molecule has 0 aliphatic rings. The molecule has 0 bridgehead atoms. The molecular formula is C13H18O3. The molecule has 16 heavy (non-hydrogen) atoms. The first kappa shape index (κ1) is 12.7. The fourth-order valence-corrected chi connectivity index (χ4v) is 1.25. The summed E-state index contributed by atoms with van der Waals surface area (Å²) in [6.45, 7) is 5.53. The van der Waals surface area contributed by atoms with E-state index >= 15 is 0 Å². The Balaban J connectivity index is 2.29. The Bertz CT molecular complexity index is 316. The summed E-state index contributed by atoms with van der Waals surface area (Å²) >= 11 is 0. The maximum atomic E-state index is 11.0. The number of carbonyl (C=O) groups is 1. The lowest BCUT2D eigenvalue weighted by Crippen LogP contribution is -2.07. The number of carbonyl (C=O) groups excluding carboxylic acids is 1. The molecule has 0 saturated heterocycles. The van der Waals surface area contributed by atoms with Crippen LogP contribution in [0.2, 0.25) is 0 Å². The van der Waals surface area contributed by atoms with Crippen molar-refractivity contribution in [3.8, 4) is 5.75 Å². The van der Waals surface area contributed by atoms with Gasteiger partial charge in [0.15, 0.2) is 5.78 Å². The van der Waals surface area contributed by atoms with Gasteiger partial charge in [0.2, 0.25) is 0 Å². The summed E-state index contributed by atoms with van der Waals surface area (Å²) < 4.78 is 10.7. The third kappa shape index (κ3) is 4.45. The number of ketones is 1. The summed E-state index contributed by atoms with van der Waals surface area (Å²) in [7, 11) is 0. The minimum Gasteiger partial charge on any atom is -0.491 e. The Hall–Kier alpha value is -1.35. The maximum Gasteiger partial charge on any atom is 0.159 e. The smallest absolute Gasteiger partial charge is 0.159 e. The predicted octanol–water partition coefficient (Wildman–Crippen LogP) is 2.69. The molecule has 88 valence electrons. The second-order valence-electron chi connectivity index (χ2n) is 3.54. The summed E-state index contributed by atoms with van der Waals surface area (Å²) in [5, 5.41) is 0. The molecule has 0 aliphatic carbocycles. The first-order chi connectivity index (χ1) is 7.74. The van der Waals surface area contributed by atoms with Crippen LogP contribution < -0.4 is 4.74 Å². The fourth-order valence-electron chi connectivity index (χ4n) is 1.25. The highest BCUT2D eigenvalue weighted by Crippen LogP contribution is 2.12. The van der Waals surface area contributed by atoms with Crippen molar-refractivity contribution in [1.82, 2.24) is 0 Å². The zero-order valence-corrected chi connectivity index (χ0v) is 9.86. The molecule has 0 amide bonds. The van der Waals surface area contributed by atoms with Gasteiger partial charge in [-0.3, -0.25) is 4.79 Å².